The number of halogens is 1. The number of aromatic nitrogens is 1. The first-order chi connectivity index (χ1) is 13.0. The van der Waals surface area contributed by atoms with Gasteiger partial charge in [0.2, 0.25) is 5.43 Å². The molecule has 0 bridgehead atoms. The maximum atomic E-state index is 15.0. The zero-order valence-corrected chi connectivity index (χ0v) is 14.6. The van der Waals surface area contributed by atoms with Gasteiger partial charge in [0.25, 0.3) is 0 Å². The second kappa shape index (κ2) is 6.26. The van der Waals surface area contributed by atoms with Crippen LogP contribution in [0.3, 0.4) is 0 Å². The summed E-state index contributed by atoms with van der Waals surface area (Å²) in [4.78, 5) is 25.8. The predicted molar refractivity (Wildman–Crippen MR) is 96.0 cm³/mol. The highest BCUT2D eigenvalue weighted by atomic mass is 19.1. The number of oxime groups is 1. The molecule has 2 fully saturated rings. The second-order valence-corrected chi connectivity index (χ2v) is 6.79. The largest absolute Gasteiger partial charge is 0.492 e. The van der Waals surface area contributed by atoms with E-state index in [0.29, 0.717) is 24.2 Å². The highest BCUT2D eigenvalue weighted by Gasteiger charge is 2.32. The maximum Gasteiger partial charge on any atom is 0.341 e. The second-order valence-electron chi connectivity index (χ2n) is 6.79. The van der Waals surface area contributed by atoms with E-state index in [1.165, 1.54) is 13.3 Å². The lowest BCUT2D eigenvalue weighted by Gasteiger charge is -2.24. The smallest absolute Gasteiger partial charge is 0.341 e. The molecule has 1 aliphatic heterocycles. The Balaban J connectivity index is 2.04. The summed E-state index contributed by atoms with van der Waals surface area (Å²) in [6, 6.07) is 1.13. The summed E-state index contributed by atoms with van der Waals surface area (Å²) in [6.07, 6.45) is 3.50. The first kappa shape index (κ1) is 17.3. The molecule has 2 aromatic rings. The van der Waals surface area contributed by atoms with E-state index in [4.69, 9.17) is 9.94 Å². The Morgan fingerprint density at radius 3 is 2.70 bits per heavy atom. The molecule has 1 aliphatic carbocycles. The van der Waals surface area contributed by atoms with Gasteiger partial charge >= 0.3 is 5.97 Å². The van der Waals surface area contributed by atoms with Gasteiger partial charge in [-0.1, -0.05) is 5.16 Å². The molecule has 1 saturated heterocycles. The molecule has 1 aromatic heterocycles. The van der Waals surface area contributed by atoms with Crippen molar-refractivity contribution in [2.24, 2.45) is 5.16 Å². The van der Waals surface area contributed by atoms with Crippen molar-refractivity contribution in [1.29, 1.82) is 0 Å². The van der Waals surface area contributed by atoms with Crippen LogP contribution in [0.4, 0.5) is 10.1 Å². The minimum absolute atomic E-state index is 0.0184. The standard InChI is InChI=1S/C18H18FN3O5/c1-27-17-14-11(6-13(19)15(17)21-5-4-9(7-21)20-26)16(23)12(18(24)25)8-22(14)10-2-3-10/h6,8,10,26H,2-5,7H2,1H3,(H,24,25)/b20-9-. The number of methoxy groups -OCH3 is 1. The summed E-state index contributed by atoms with van der Waals surface area (Å²) < 4.78 is 22.2. The van der Waals surface area contributed by atoms with Crippen LogP contribution in [0.25, 0.3) is 10.9 Å². The van der Waals surface area contributed by atoms with Crippen LogP contribution in [0.2, 0.25) is 0 Å². The SMILES string of the molecule is COc1c(N2CC/C(=N/O)C2)c(F)cc2c(=O)c(C(=O)O)cn(C3CC3)c12. The third kappa shape index (κ3) is 2.70. The lowest BCUT2D eigenvalue weighted by atomic mass is 10.1. The first-order valence-corrected chi connectivity index (χ1v) is 8.59. The summed E-state index contributed by atoms with van der Waals surface area (Å²) >= 11 is 0. The quantitative estimate of drug-likeness (QED) is 0.627. The van der Waals surface area contributed by atoms with Crippen LogP contribution >= 0.6 is 0 Å². The van der Waals surface area contributed by atoms with Crippen LogP contribution in [-0.2, 0) is 0 Å². The van der Waals surface area contributed by atoms with Crippen LogP contribution in [-0.4, -0.2) is 46.8 Å². The van der Waals surface area contributed by atoms with Gasteiger partial charge in [-0.15, -0.1) is 0 Å². The van der Waals surface area contributed by atoms with Gasteiger partial charge < -0.3 is 24.5 Å². The van der Waals surface area contributed by atoms with Gasteiger partial charge in [-0.2, -0.15) is 0 Å². The molecule has 0 amide bonds. The number of ether oxygens (including phenoxy) is 1. The summed E-state index contributed by atoms with van der Waals surface area (Å²) in [5.41, 5.74) is -0.0321. The minimum Gasteiger partial charge on any atom is -0.492 e. The lowest BCUT2D eigenvalue weighted by Crippen LogP contribution is -2.24. The zero-order chi connectivity index (χ0) is 19.3. The molecule has 0 unspecified atom stereocenters. The number of benzene rings is 1. The van der Waals surface area contributed by atoms with E-state index < -0.39 is 17.2 Å². The molecule has 1 saturated carbocycles. The van der Waals surface area contributed by atoms with Crippen molar-refractivity contribution in [3.05, 3.63) is 33.9 Å². The average Bonchev–Trinajstić information content (AvgIpc) is 3.38. The monoisotopic (exact) mass is 375 g/mol. The fourth-order valence-electron chi connectivity index (χ4n) is 3.64. The maximum absolute atomic E-state index is 15.0. The van der Waals surface area contributed by atoms with E-state index in [1.807, 2.05) is 0 Å². The van der Waals surface area contributed by atoms with Crippen LogP contribution in [0.15, 0.2) is 22.2 Å². The summed E-state index contributed by atoms with van der Waals surface area (Å²) in [7, 11) is 1.39. The van der Waals surface area contributed by atoms with Crippen molar-refractivity contribution in [2.75, 3.05) is 25.1 Å². The van der Waals surface area contributed by atoms with Gasteiger partial charge in [0.15, 0.2) is 11.6 Å². The topological polar surface area (TPSA) is 104 Å². The number of aromatic carboxylic acids is 1. The summed E-state index contributed by atoms with van der Waals surface area (Å²) in [6.45, 7) is 0.690. The van der Waals surface area contributed by atoms with Gasteiger partial charge in [-0.3, -0.25) is 4.79 Å². The number of carboxylic acid groups (broad SMARTS) is 1. The number of pyridine rings is 1. The number of hydrogen-bond donors (Lipinski definition) is 2. The van der Waals surface area contributed by atoms with E-state index in [0.717, 1.165) is 18.9 Å². The number of anilines is 1. The van der Waals surface area contributed by atoms with Crippen LogP contribution < -0.4 is 15.1 Å². The number of carboxylic acids is 1. The fraction of sp³-hybridized carbons (Fsp3) is 0.389. The zero-order valence-electron chi connectivity index (χ0n) is 14.6. The molecule has 0 radical (unpaired) electrons. The molecule has 4 rings (SSSR count). The molecule has 0 atom stereocenters. The molecule has 2 aliphatic rings. The summed E-state index contributed by atoms with van der Waals surface area (Å²) in [5.74, 6) is -1.84. The molecular formula is C18H18FN3O5. The van der Waals surface area contributed by atoms with E-state index >= 15 is 0 Å². The highest BCUT2D eigenvalue weighted by Crippen LogP contribution is 2.44. The molecule has 9 heteroatoms. The Bertz CT molecular complexity index is 1040. The van der Waals surface area contributed by atoms with Gasteiger partial charge in [0.1, 0.15) is 11.3 Å². The van der Waals surface area contributed by atoms with Crippen LogP contribution in [0, 0.1) is 5.82 Å². The Hall–Kier alpha value is -3.10. The summed E-state index contributed by atoms with van der Waals surface area (Å²) in [5, 5.41) is 21.5. The van der Waals surface area contributed by atoms with Crippen molar-refractivity contribution < 1.29 is 24.2 Å². The van der Waals surface area contributed by atoms with E-state index in [9.17, 15) is 19.1 Å². The Morgan fingerprint density at radius 1 is 1.41 bits per heavy atom. The normalized spacial score (nSPS) is 18.4. The molecule has 27 heavy (non-hydrogen) atoms. The van der Waals surface area contributed by atoms with Crippen molar-refractivity contribution >= 4 is 28.3 Å². The third-order valence-electron chi connectivity index (χ3n) is 5.07. The predicted octanol–water partition coefficient (Wildman–Crippen LogP) is 2.22. The third-order valence-corrected chi connectivity index (χ3v) is 5.07. The number of nitrogens with zero attached hydrogens (tertiary/aromatic N) is 3. The van der Waals surface area contributed by atoms with E-state index in [-0.39, 0.29) is 35.0 Å². The van der Waals surface area contributed by atoms with Crippen molar-refractivity contribution in [3.8, 4) is 5.75 Å². The van der Waals surface area contributed by atoms with Gasteiger partial charge in [0.05, 0.1) is 30.3 Å². The van der Waals surface area contributed by atoms with Crippen LogP contribution in [0.5, 0.6) is 5.75 Å². The van der Waals surface area contributed by atoms with E-state index in [1.54, 1.807) is 9.47 Å². The first-order valence-electron chi connectivity index (χ1n) is 8.59. The van der Waals surface area contributed by atoms with Crippen LogP contribution in [0.1, 0.15) is 35.7 Å². The molecule has 2 heterocycles. The Kier molecular flexibility index (Phi) is 4.01. The van der Waals surface area contributed by atoms with Gasteiger partial charge in [-0.25, -0.2) is 9.18 Å². The molecule has 8 nitrogen and oxygen atoms in total. The van der Waals surface area contributed by atoms with Gasteiger partial charge in [-0.05, 0) is 18.9 Å². The molecular weight excluding hydrogens is 357 g/mol. The minimum atomic E-state index is -1.34. The molecule has 1 aromatic carbocycles. The fourth-order valence-corrected chi connectivity index (χ4v) is 3.64. The number of hydrogen-bond acceptors (Lipinski definition) is 6. The Morgan fingerprint density at radius 2 is 2.15 bits per heavy atom. The average molecular weight is 375 g/mol. The lowest BCUT2D eigenvalue weighted by molar-refractivity contribution is 0.0695. The number of fused-ring (bicyclic) bond motifs is 1. The number of carbonyl (C=O) groups is 1. The number of rotatable bonds is 4. The molecule has 0 spiro atoms. The van der Waals surface area contributed by atoms with Crippen molar-refractivity contribution in [1.82, 2.24) is 4.57 Å². The van der Waals surface area contributed by atoms with Crippen molar-refractivity contribution in [2.45, 2.75) is 25.3 Å². The van der Waals surface area contributed by atoms with Gasteiger partial charge in [0, 0.05) is 25.2 Å². The van der Waals surface area contributed by atoms with Crippen molar-refractivity contribution in [3.63, 3.8) is 0 Å². The molecule has 142 valence electrons. The van der Waals surface area contributed by atoms with E-state index in [2.05, 4.69) is 5.16 Å². The Labute approximate surface area is 153 Å². The highest BCUT2D eigenvalue weighted by molar-refractivity contribution is 5.99. The molecule has 2 N–H and O–H groups in total.